The van der Waals surface area contributed by atoms with Gasteiger partial charge in [-0.3, -0.25) is 4.57 Å². The van der Waals surface area contributed by atoms with Crippen molar-refractivity contribution in [1.82, 2.24) is 9.55 Å². The number of ether oxygens (including phenoxy) is 1. The normalized spacial score (nSPS) is 31.6. The fourth-order valence-corrected chi connectivity index (χ4v) is 2.97. The highest BCUT2D eigenvalue weighted by molar-refractivity contribution is 14.1. The molecule has 0 bridgehead atoms. The highest BCUT2D eigenvalue weighted by Crippen LogP contribution is 2.37. The number of nitrogens with zero attached hydrogens (tertiary/aromatic N) is 2. The fraction of sp³-hybridized carbons (Fsp3) is 0.667. The summed E-state index contributed by atoms with van der Waals surface area (Å²) >= 11 is 2.17. The summed E-state index contributed by atoms with van der Waals surface area (Å²) in [4.78, 5) is 16.1. The van der Waals surface area contributed by atoms with Gasteiger partial charge < -0.3 is 10.1 Å². The molecule has 1 aromatic rings. The van der Waals surface area contributed by atoms with Crippen LogP contribution in [0.3, 0.4) is 0 Å². The highest BCUT2D eigenvalue weighted by atomic mass is 127. The zero-order valence-corrected chi connectivity index (χ0v) is 13.1. The maximum absolute atomic E-state index is 12.0. The van der Waals surface area contributed by atoms with Crippen LogP contribution in [0.25, 0.3) is 0 Å². The van der Waals surface area contributed by atoms with Gasteiger partial charge in [0.15, 0.2) is 0 Å². The van der Waals surface area contributed by atoms with Crippen LogP contribution in [-0.4, -0.2) is 22.7 Å². The van der Waals surface area contributed by atoms with Gasteiger partial charge in [-0.1, -0.05) is 13.8 Å². The summed E-state index contributed by atoms with van der Waals surface area (Å²) < 4.78 is 8.40. The molecule has 0 aliphatic carbocycles. The number of aromatic nitrogens is 2. The van der Waals surface area contributed by atoms with Crippen LogP contribution in [-0.2, 0) is 4.74 Å². The monoisotopic (exact) mass is 363 g/mol. The van der Waals surface area contributed by atoms with Crippen molar-refractivity contribution >= 4 is 28.4 Å². The quantitative estimate of drug-likeness (QED) is 0.818. The Hall–Kier alpha value is -0.630. The van der Waals surface area contributed by atoms with Crippen molar-refractivity contribution in [2.45, 2.75) is 33.1 Å². The minimum Gasteiger partial charge on any atom is -0.372 e. The molecule has 5 nitrogen and oxygen atoms in total. The second-order valence-electron chi connectivity index (χ2n) is 4.83. The van der Waals surface area contributed by atoms with Crippen LogP contribution in [0.4, 0.5) is 5.82 Å². The fourth-order valence-electron chi connectivity index (χ4n) is 2.28. The van der Waals surface area contributed by atoms with Crippen LogP contribution < -0.4 is 11.0 Å². The molecule has 2 rings (SSSR count). The van der Waals surface area contributed by atoms with Crippen molar-refractivity contribution in [1.29, 1.82) is 0 Å². The molecule has 1 saturated heterocycles. The van der Waals surface area contributed by atoms with Crippen LogP contribution in [0.5, 0.6) is 0 Å². The first-order valence-electron chi connectivity index (χ1n) is 6.07. The van der Waals surface area contributed by atoms with E-state index in [1.165, 1.54) is 0 Å². The molecule has 18 heavy (non-hydrogen) atoms. The lowest BCUT2D eigenvalue weighted by molar-refractivity contribution is -0.00760. The predicted octanol–water partition coefficient (Wildman–Crippen LogP) is 2.08. The Morgan fingerprint density at radius 3 is 2.56 bits per heavy atom. The largest absolute Gasteiger partial charge is 0.372 e. The van der Waals surface area contributed by atoms with Gasteiger partial charge >= 0.3 is 5.69 Å². The average molecular weight is 363 g/mol. The standard InChI is InChI=1S/C12H18IN3O2/c1-6-7(2)11(18-8(6)3)16-5-9(13)10(14-4)15-12(16)17/h5-8,11H,1-4H3,(H,14,15,17). The van der Waals surface area contributed by atoms with Gasteiger partial charge in [0.2, 0.25) is 0 Å². The molecule has 1 aliphatic heterocycles. The number of halogens is 1. The Labute approximate surface area is 120 Å². The average Bonchev–Trinajstić information content (AvgIpc) is 2.59. The van der Waals surface area contributed by atoms with Crippen LogP contribution in [0.1, 0.15) is 27.0 Å². The molecule has 1 aliphatic rings. The molecular weight excluding hydrogens is 345 g/mol. The molecule has 4 atom stereocenters. The van der Waals surface area contributed by atoms with Crippen molar-refractivity contribution in [3.8, 4) is 0 Å². The van der Waals surface area contributed by atoms with E-state index in [-0.39, 0.29) is 18.0 Å². The molecule has 0 aromatic carbocycles. The molecule has 0 amide bonds. The van der Waals surface area contributed by atoms with Crippen LogP contribution in [0.15, 0.2) is 11.0 Å². The summed E-state index contributed by atoms with van der Waals surface area (Å²) in [6, 6.07) is 0. The first-order valence-corrected chi connectivity index (χ1v) is 7.15. The Bertz CT molecular complexity index is 503. The maximum atomic E-state index is 12.0. The van der Waals surface area contributed by atoms with Crippen LogP contribution >= 0.6 is 22.6 Å². The number of hydrogen-bond acceptors (Lipinski definition) is 4. The summed E-state index contributed by atoms with van der Waals surface area (Å²) in [5.41, 5.74) is -0.266. The molecule has 0 radical (unpaired) electrons. The minimum absolute atomic E-state index is 0.165. The maximum Gasteiger partial charge on any atom is 0.351 e. The number of rotatable bonds is 2. The van der Waals surface area contributed by atoms with Gasteiger partial charge in [-0.15, -0.1) is 0 Å². The van der Waals surface area contributed by atoms with E-state index in [4.69, 9.17) is 4.74 Å². The summed E-state index contributed by atoms with van der Waals surface area (Å²) in [6.07, 6.45) is 1.76. The molecule has 0 saturated carbocycles. The summed E-state index contributed by atoms with van der Waals surface area (Å²) in [6.45, 7) is 6.32. The molecular formula is C12H18IN3O2. The third kappa shape index (κ3) is 2.27. The number of anilines is 1. The molecule has 1 aromatic heterocycles. The van der Waals surface area contributed by atoms with E-state index in [2.05, 4.69) is 46.7 Å². The smallest absolute Gasteiger partial charge is 0.351 e. The van der Waals surface area contributed by atoms with Gasteiger partial charge in [0.25, 0.3) is 0 Å². The second-order valence-corrected chi connectivity index (χ2v) is 5.99. The predicted molar refractivity (Wildman–Crippen MR) is 78.7 cm³/mol. The molecule has 6 heteroatoms. The van der Waals surface area contributed by atoms with Crippen LogP contribution in [0, 0.1) is 15.4 Å². The number of hydrogen-bond donors (Lipinski definition) is 1. The van der Waals surface area contributed by atoms with Gasteiger partial charge in [-0.05, 0) is 35.4 Å². The minimum atomic E-state index is -0.266. The lowest BCUT2D eigenvalue weighted by Gasteiger charge is -2.19. The van der Waals surface area contributed by atoms with Crippen molar-refractivity contribution in [2.75, 3.05) is 12.4 Å². The van der Waals surface area contributed by atoms with Crippen molar-refractivity contribution in [2.24, 2.45) is 11.8 Å². The third-order valence-corrected chi connectivity index (χ3v) is 4.58. The van der Waals surface area contributed by atoms with Gasteiger partial charge in [-0.25, -0.2) is 4.79 Å². The number of nitrogens with one attached hydrogen (secondary N) is 1. The summed E-state index contributed by atoms with van der Waals surface area (Å²) in [5, 5.41) is 2.91. The highest BCUT2D eigenvalue weighted by Gasteiger charge is 2.38. The van der Waals surface area contributed by atoms with E-state index in [1.807, 2.05) is 13.1 Å². The van der Waals surface area contributed by atoms with Crippen LogP contribution in [0.2, 0.25) is 0 Å². The molecule has 0 spiro atoms. The topological polar surface area (TPSA) is 56.2 Å². The van der Waals surface area contributed by atoms with E-state index in [0.717, 1.165) is 3.57 Å². The van der Waals surface area contributed by atoms with Gasteiger partial charge in [-0.2, -0.15) is 4.98 Å². The summed E-state index contributed by atoms with van der Waals surface area (Å²) in [7, 11) is 1.76. The summed E-state index contributed by atoms with van der Waals surface area (Å²) in [5.74, 6) is 1.35. The Balaban J connectivity index is 2.41. The second kappa shape index (κ2) is 5.16. The van der Waals surface area contributed by atoms with Crippen molar-refractivity contribution in [3.63, 3.8) is 0 Å². The van der Waals surface area contributed by atoms with Gasteiger partial charge in [0, 0.05) is 19.2 Å². The molecule has 1 fully saturated rings. The Morgan fingerprint density at radius 1 is 1.39 bits per heavy atom. The lowest BCUT2D eigenvalue weighted by Crippen LogP contribution is -2.30. The first kappa shape index (κ1) is 13.8. The van der Waals surface area contributed by atoms with E-state index in [1.54, 1.807) is 11.6 Å². The van der Waals surface area contributed by atoms with E-state index in [0.29, 0.717) is 17.7 Å². The Kier molecular flexibility index (Phi) is 3.96. The Morgan fingerprint density at radius 2 is 2.06 bits per heavy atom. The third-order valence-electron chi connectivity index (χ3n) is 3.79. The van der Waals surface area contributed by atoms with Gasteiger partial charge in [0.1, 0.15) is 12.0 Å². The lowest BCUT2D eigenvalue weighted by atomic mass is 9.93. The SMILES string of the molecule is CNc1nc(=O)n(C2OC(C)C(C)C2C)cc1I. The molecule has 1 N–H and O–H groups in total. The van der Waals surface area contributed by atoms with Crippen molar-refractivity contribution < 1.29 is 4.74 Å². The first-order chi connectivity index (χ1) is 8.45. The molecule has 4 unspecified atom stereocenters. The molecule has 2 heterocycles. The zero-order valence-electron chi connectivity index (χ0n) is 11.0. The zero-order chi connectivity index (χ0) is 13.4. The van der Waals surface area contributed by atoms with E-state index in [9.17, 15) is 4.79 Å². The molecule has 100 valence electrons. The van der Waals surface area contributed by atoms with E-state index >= 15 is 0 Å². The van der Waals surface area contributed by atoms with Gasteiger partial charge in [0.05, 0.1) is 9.67 Å². The van der Waals surface area contributed by atoms with Crippen molar-refractivity contribution in [3.05, 3.63) is 20.3 Å². The van der Waals surface area contributed by atoms with E-state index < -0.39 is 0 Å².